The van der Waals surface area contributed by atoms with Crippen molar-refractivity contribution in [3.8, 4) is 5.82 Å². The lowest BCUT2D eigenvalue weighted by Crippen LogP contribution is -2.10. The lowest BCUT2D eigenvalue weighted by molar-refractivity contribution is 0.0276. The first-order chi connectivity index (χ1) is 12.6. The summed E-state index contributed by atoms with van der Waals surface area (Å²) in [6.45, 7) is 3.35. The molecule has 3 heterocycles. The van der Waals surface area contributed by atoms with Crippen molar-refractivity contribution in [2.75, 3.05) is 0 Å². The fourth-order valence-electron chi connectivity index (χ4n) is 2.55. The van der Waals surface area contributed by atoms with E-state index >= 15 is 0 Å². The summed E-state index contributed by atoms with van der Waals surface area (Å²) in [5.74, 6) is 0.825. The van der Waals surface area contributed by atoms with Gasteiger partial charge in [-0.1, -0.05) is 12.1 Å². The first kappa shape index (κ1) is 15.9. The minimum atomic E-state index is -0.638. The summed E-state index contributed by atoms with van der Waals surface area (Å²) in [4.78, 5) is 21.0. The second-order valence-corrected chi connectivity index (χ2v) is 5.72. The largest absolute Gasteiger partial charge is 0.449 e. The van der Waals surface area contributed by atoms with Crippen LogP contribution in [0.15, 0.2) is 53.3 Å². The molecule has 0 saturated carbocycles. The maximum atomic E-state index is 12.3. The first-order valence-electron chi connectivity index (χ1n) is 8.01. The van der Waals surface area contributed by atoms with Crippen molar-refractivity contribution in [1.82, 2.24) is 24.7 Å². The van der Waals surface area contributed by atoms with Crippen LogP contribution in [0.5, 0.6) is 0 Å². The topological polar surface area (TPSA) is 95.9 Å². The van der Waals surface area contributed by atoms with E-state index in [1.807, 2.05) is 28.8 Å². The summed E-state index contributed by atoms with van der Waals surface area (Å²) in [6.07, 6.45) is 2.53. The molecule has 0 aliphatic rings. The number of aryl methyl sites for hydroxylation is 1. The Bertz CT molecular complexity index is 1070. The summed E-state index contributed by atoms with van der Waals surface area (Å²) < 4.78 is 12.5. The molecule has 0 N–H and O–H groups in total. The maximum absolute atomic E-state index is 12.3. The van der Waals surface area contributed by atoms with Crippen molar-refractivity contribution in [2.45, 2.75) is 20.0 Å². The van der Waals surface area contributed by atoms with Gasteiger partial charge in [-0.25, -0.2) is 14.8 Å². The molecular formula is C18H15N5O3. The zero-order valence-electron chi connectivity index (χ0n) is 14.2. The predicted octanol–water partition coefficient (Wildman–Crippen LogP) is 3.03. The van der Waals surface area contributed by atoms with Crippen LogP contribution in [0, 0.1) is 6.92 Å². The number of nitrogens with zero attached hydrogens (tertiary/aromatic N) is 5. The first-order valence-corrected chi connectivity index (χ1v) is 8.01. The summed E-state index contributed by atoms with van der Waals surface area (Å²) >= 11 is 0. The second-order valence-electron chi connectivity index (χ2n) is 5.72. The summed E-state index contributed by atoms with van der Waals surface area (Å²) in [5, 5.41) is 7.57. The third-order valence-corrected chi connectivity index (χ3v) is 3.86. The minimum Gasteiger partial charge on any atom is -0.449 e. The van der Waals surface area contributed by atoms with Crippen LogP contribution >= 0.6 is 0 Å². The molecule has 1 atom stereocenters. The summed E-state index contributed by atoms with van der Waals surface area (Å²) in [7, 11) is 0. The number of carbonyl (C=O) groups is 1. The third kappa shape index (κ3) is 2.92. The molecule has 4 aromatic rings. The van der Waals surface area contributed by atoms with Gasteiger partial charge in [-0.3, -0.25) is 4.57 Å². The Morgan fingerprint density at radius 1 is 1.15 bits per heavy atom. The highest BCUT2D eigenvalue weighted by atomic mass is 16.6. The Hall–Kier alpha value is -3.55. The Labute approximate surface area is 148 Å². The van der Waals surface area contributed by atoms with Gasteiger partial charge in [0.05, 0.1) is 16.6 Å². The predicted molar refractivity (Wildman–Crippen MR) is 91.7 cm³/mol. The molecule has 4 rings (SSSR count). The molecule has 8 heteroatoms. The molecule has 3 aromatic heterocycles. The van der Waals surface area contributed by atoms with Gasteiger partial charge in [-0.05, 0) is 31.2 Å². The Kier molecular flexibility index (Phi) is 3.92. The van der Waals surface area contributed by atoms with Crippen LogP contribution in [0.1, 0.15) is 35.2 Å². The molecule has 0 fully saturated rings. The van der Waals surface area contributed by atoms with Gasteiger partial charge in [-0.2, -0.15) is 0 Å². The van der Waals surface area contributed by atoms with Gasteiger partial charge in [0.15, 0.2) is 6.10 Å². The van der Waals surface area contributed by atoms with E-state index in [-0.39, 0.29) is 5.89 Å². The van der Waals surface area contributed by atoms with E-state index in [0.717, 1.165) is 11.0 Å². The average molecular weight is 349 g/mol. The number of rotatable bonds is 4. The molecule has 0 bridgehead atoms. The number of hydrogen-bond acceptors (Lipinski definition) is 7. The Balaban J connectivity index is 1.53. The molecule has 0 aliphatic heterocycles. The van der Waals surface area contributed by atoms with Crippen LogP contribution in [-0.2, 0) is 4.74 Å². The van der Waals surface area contributed by atoms with Crippen molar-refractivity contribution < 1.29 is 13.9 Å². The number of fused-ring (bicyclic) bond motifs is 1. The number of carbonyl (C=O) groups excluding carboxylic acids is 1. The molecule has 0 radical (unpaired) electrons. The van der Waals surface area contributed by atoms with Crippen LogP contribution < -0.4 is 0 Å². The number of ether oxygens (including phenoxy) is 1. The molecule has 130 valence electrons. The molecule has 0 saturated heterocycles. The summed E-state index contributed by atoms with van der Waals surface area (Å²) in [6, 6.07) is 11.2. The van der Waals surface area contributed by atoms with Crippen LogP contribution in [-0.4, -0.2) is 30.7 Å². The van der Waals surface area contributed by atoms with Crippen LogP contribution in [0.2, 0.25) is 0 Å². The van der Waals surface area contributed by atoms with Crippen molar-refractivity contribution in [3.63, 3.8) is 0 Å². The molecule has 0 amide bonds. The van der Waals surface area contributed by atoms with Gasteiger partial charge in [0.2, 0.25) is 5.89 Å². The van der Waals surface area contributed by atoms with Crippen LogP contribution in [0.3, 0.4) is 0 Å². The quantitative estimate of drug-likeness (QED) is 0.522. The van der Waals surface area contributed by atoms with Crippen LogP contribution in [0.25, 0.3) is 16.9 Å². The van der Waals surface area contributed by atoms with Gasteiger partial charge in [-0.15, -0.1) is 10.2 Å². The highest BCUT2D eigenvalue weighted by molar-refractivity contribution is 5.89. The van der Waals surface area contributed by atoms with E-state index in [9.17, 15) is 4.79 Å². The molecule has 0 spiro atoms. The Morgan fingerprint density at radius 2 is 2.00 bits per heavy atom. The zero-order valence-corrected chi connectivity index (χ0v) is 14.2. The monoisotopic (exact) mass is 349 g/mol. The van der Waals surface area contributed by atoms with Crippen molar-refractivity contribution in [1.29, 1.82) is 0 Å². The lowest BCUT2D eigenvalue weighted by atomic mass is 10.2. The molecule has 26 heavy (non-hydrogen) atoms. The number of pyridine rings is 1. The van der Waals surface area contributed by atoms with Crippen molar-refractivity contribution in [3.05, 3.63) is 66.3 Å². The molecule has 1 aromatic carbocycles. The minimum absolute atomic E-state index is 0.255. The Morgan fingerprint density at radius 3 is 2.73 bits per heavy atom. The van der Waals surface area contributed by atoms with E-state index in [1.165, 1.54) is 6.20 Å². The van der Waals surface area contributed by atoms with Gasteiger partial charge in [0.1, 0.15) is 12.1 Å². The van der Waals surface area contributed by atoms with E-state index in [0.29, 0.717) is 17.3 Å². The highest BCUT2D eigenvalue weighted by Crippen LogP contribution is 2.19. The normalized spacial score (nSPS) is 12.2. The number of hydrogen-bond donors (Lipinski definition) is 0. The molecule has 8 nitrogen and oxygen atoms in total. The number of aromatic nitrogens is 5. The number of imidazole rings is 1. The highest BCUT2D eigenvalue weighted by Gasteiger charge is 2.19. The number of para-hydroxylation sites is 2. The lowest BCUT2D eigenvalue weighted by Gasteiger charge is -2.09. The standard InChI is InChI=1S/C18H15N5O3/c1-11(17-22-21-12(2)26-17)25-18(24)13-7-8-16(19-9-13)23-10-20-14-5-3-4-6-15(14)23/h3-11H,1-2H3/t11-/m0/s1. The zero-order chi connectivity index (χ0) is 18.1. The van der Waals surface area contributed by atoms with Gasteiger partial charge < -0.3 is 9.15 Å². The van der Waals surface area contributed by atoms with Crippen LogP contribution in [0.4, 0.5) is 0 Å². The SMILES string of the molecule is Cc1nnc([C@H](C)OC(=O)c2ccc(-n3cnc4ccccc43)nc2)o1. The smallest absolute Gasteiger partial charge is 0.340 e. The average Bonchev–Trinajstić information content (AvgIpc) is 3.28. The maximum Gasteiger partial charge on any atom is 0.340 e. The van der Waals surface area contributed by atoms with Crippen molar-refractivity contribution >= 4 is 17.0 Å². The molecule has 0 aliphatic carbocycles. The fourth-order valence-corrected chi connectivity index (χ4v) is 2.55. The van der Waals surface area contributed by atoms with Gasteiger partial charge in [0.25, 0.3) is 5.89 Å². The molecular weight excluding hydrogens is 334 g/mol. The number of esters is 1. The van der Waals surface area contributed by atoms with E-state index < -0.39 is 12.1 Å². The summed E-state index contributed by atoms with van der Waals surface area (Å²) in [5.41, 5.74) is 2.15. The second kappa shape index (κ2) is 6.40. The van der Waals surface area contributed by atoms with E-state index in [2.05, 4.69) is 20.2 Å². The van der Waals surface area contributed by atoms with E-state index in [1.54, 1.807) is 32.3 Å². The third-order valence-electron chi connectivity index (χ3n) is 3.86. The van der Waals surface area contributed by atoms with E-state index in [4.69, 9.17) is 9.15 Å². The number of benzene rings is 1. The van der Waals surface area contributed by atoms with Gasteiger partial charge in [0, 0.05) is 13.1 Å². The van der Waals surface area contributed by atoms with Gasteiger partial charge >= 0.3 is 5.97 Å². The van der Waals surface area contributed by atoms with Crippen molar-refractivity contribution in [2.24, 2.45) is 0 Å². The fraction of sp³-hybridized carbons (Fsp3) is 0.167. The molecule has 0 unspecified atom stereocenters.